The first-order valence-electron chi connectivity index (χ1n) is 12.0. The highest BCUT2D eigenvalue weighted by Gasteiger charge is 2.39. The third kappa shape index (κ3) is 5.02. The van der Waals surface area contributed by atoms with Gasteiger partial charge in [0.25, 0.3) is 5.91 Å². The average Bonchev–Trinajstić information content (AvgIpc) is 2.90. The molecule has 0 saturated carbocycles. The van der Waals surface area contributed by atoms with Crippen LogP contribution in [0, 0.1) is 22.6 Å². The van der Waals surface area contributed by atoms with Gasteiger partial charge in [0.15, 0.2) is 6.10 Å². The van der Waals surface area contributed by atoms with Crippen molar-refractivity contribution in [3.63, 3.8) is 0 Å². The quantitative estimate of drug-likeness (QED) is 0.689. The molecule has 1 atom stereocenters. The molecule has 7 nitrogen and oxygen atoms in total. The third-order valence-corrected chi connectivity index (χ3v) is 7.45. The monoisotopic (exact) mass is 498 g/mol. The van der Waals surface area contributed by atoms with Crippen LogP contribution >= 0.6 is 11.6 Å². The Morgan fingerprint density at radius 2 is 1.89 bits per heavy atom. The lowest BCUT2D eigenvalue weighted by Gasteiger charge is -2.39. The van der Waals surface area contributed by atoms with E-state index in [1.807, 2.05) is 12.1 Å². The molecule has 9 heteroatoms. The standard InChI is InChI=1S/C26H28ClFN4O3/c27-20-13-21-23(14-22(20)31-9-11-34-12-10-31)35-24(16-30-21)25(33)32-7-5-26(17-29,6-8-32)15-18-1-3-19(28)4-2-18/h1-4,13-14,24,30H,5-12,15-16H2. The van der Waals surface area contributed by atoms with Gasteiger partial charge in [0.2, 0.25) is 0 Å². The maximum absolute atomic E-state index is 13.3. The molecule has 1 N–H and O–H groups in total. The molecule has 0 radical (unpaired) electrons. The van der Waals surface area contributed by atoms with Crippen molar-refractivity contribution in [3.8, 4) is 11.8 Å². The zero-order chi connectivity index (χ0) is 24.4. The van der Waals surface area contributed by atoms with Crippen molar-refractivity contribution in [2.24, 2.45) is 5.41 Å². The van der Waals surface area contributed by atoms with E-state index in [0.717, 1.165) is 30.0 Å². The summed E-state index contributed by atoms with van der Waals surface area (Å²) >= 11 is 6.52. The highest BCUT2D eigenvalue weighted by atomic mass is 35.5. The zero-order valence-electron chi connectivity index (χ0n) is 19.4. The number of piperidine rings is 1. The van der Waals surface area contributed by atoms with Gasteiger partial charge in [-0.05, 0) is 43.0 Å². The summed E-state index contributed by atoms with van der Waals surface area (Å²) in [5.74, 6) is 0.238. The van der Waals surface area contributed by atoms with Crippen molar-refractivity contribution >= 4 is 28.9 Å². The lowest BCUT2D eigenvalue weighted by molar-refractivity contribution is -0.140. The number of ether oxygens (including phenoxy) is 2. The summed E-state index contributed by atoms with van der Waals surface area (Å²) in [5, 5.41) is 13.8. The molecule has 0 aromatic heterocycles. The highest BCUT2D eigenvalue weighted by Crippen LogP contribution is 2.40. The number of carbonyl (C=O) groups is 1. The Hall–Kier alpha value is -3.02. The second kappa shape index (κ2) is 9.92. The minimum absolute atomic E-state index is 0.0839. The summed E-state index contributed by atoms with van der Waals surface area (Å²) < 4.78 is 24.8. The molecule has 3 aliphatic rings. The highest BCUT2D eigenvalue weighted by molar-refractivity contribution is 6.33. The van der Waals surface area contributed by atoms with Crippen molar-refractivity contribution in [2.45, 2.75) is 25.4 Å². The normalized spacial score (nSPS) is 21.3. The van der Waals surface area contributed by atoms with Crippen LogP contribution in [0.15, 0.2) is 36.4 Å². The number of hydrogen-bond donors (Lipinski definition) is 1. The lowest BCUT2D eigenvalue weighted by atomic mass is 9.75. The Morgan fingerprint density at radius 1 is 1.17 bits per heavy atom. The molecular formula is C26H28ClFN4O3. The smallest absolute Gasteiger partial charge is 0.265 e. The van der Waals surface area contributed by atoms with Crippen LogP contribution in [0.4, 0.5) is 15.8 Å². The first-order chi connectivity index (χ1) is 17.0. The Bertz CT molecular complexity index is 1120. The molecule has 2 aromatic rings. The number of hydrogen-bond acceptors (Lipinski definition) is 6. The number of morpholine rings is 1. The van der Waals surface area contributed by atoms with E-state index in [0.29, 0.717) is 62.9 Å². The van der Waals surface area contributed by atoms with E-state index >= 15 is 0 Å². The summed E-state index contributed by atoms with van der Waals surface area (Å²) in [6, 6.07) is 12.5. The maximum Gasteiger partial charge on any atom is 0.265 e. The molecule has 0 aliphatic carbocycles. The van der Waals surface area contributed by atoms with Gasteiger partial charge in [0.05, 0.1) is 47.6 Å². The first-order valence-corrected chi connectivity index (χ1v) is 12.4. The van der Waals surface area contributed by atoms with Crippen LogP contribution in [-0.2, 0) is 16.0 Å². The van der Waals surface area contributed by atoms with Gasteiger partial charge in [-0.2, -0.15) is 5.26 Å². The van der Waals surface area contributed by atoms with Gasteiger partial charge < -0.3 is 24.6 Å². The van der Waals surface area contributed by atoms with Crippen LogP contribution in [-0.4, -0.2) is 62.8 Å². The van der Waals surface area contributed by atoms with Crippen molar-refractivity contribution in [1.82, 2.24) is 4.90 Å². The van der Waals surface area contributed by atoms with Gasteiger partial charge in [-0.3, -0.25) is 4.79 Å². The van der Waals surface area contributed by atoms with Gasteiger partial charge in [0, 0.05) is 32.2 Å². The third-order valence-electron chi connectivity index (χ3n) is 7.15. The van der Waals surface area contributed by atoms with E-state index in [-0.39, 0.29) is 11.7 Å². The molecule has 0 bridgehead atoms. The van der Waals surface area contributed by atoms with Crippen LogP contribution in [0.1, 0.15) is 18.4 Å². The molecule has 0 spiro atoms. The van der Waals surface area contributed by atoms with E-state index in [1.165, 1.54) is 12.1 Å². The van der Waals surface area contributed by atoms with E-state index in [4.69, 9.17) is 21.1 Å². The number of carbonyl (C=O) groups excluding carboxylic acids is 1. The molecule has 2 saturated heterocycles. The number of halogens is 2. The van der Waals surface area contributed by atoms with Gasteiger partial charge >= 0.3 is 0 Å². The minimum atomic E-state index is -0.645. The van der Waals surface area contributed by atoms with Gasteiger partial charge in [0.1, 0.15) is 11.6 Å². The Balaban J connectivity index is 1.23. The van der Waals surface area contributed by atoms with Crippen molar-refractivity contribution in [3.05, 3.63) is 52.8 Å². The first kappa shape index (κ1) is 23.7. The van der Waals surface area contributed by atoms with E-state index in [9.17, 15) is 14.4 Å². The van der Waals surface area contributed by atoms with Gasteiger partial charge in [-0.25, -0.2) is 4.39 Å². The van der Waals surface area contributed by atoms with Crippen LogP contribution in [0.5, 0.6) is 5.75 Å². The number of benzene rings is 2. The molecule has 184 valence electrons. The zero-order valence-corrected chi connectivity index (χ0v) is 20.2. The molecule has 2 aromatic carbocycles. The molecule has 3 aliphatic heterocycles. The number of nitrogens with one attached hydrogen (secondary N) is 1. The number of nitrogens with zero attached hydrogens (tertiary/aromatic N) is 3. The summed E-state index contributed by atoms with van der Waals surface area (Å²) in [6.07, 6.45) is 1.04. The van der Waals surface area contributed by atoms with Crippen molar-refractivity contribution in [1.29, 1.82) is 5.26 Å². The van der Waals surface area contributed by atoms with Crippen LogP contribution < -0.4 is 15.0 Å². The second-order valence-corrected chi connectivity index (χ2v) is 9.81. The second-order valence-electron chi connectivity index (χ2n) is 9.41. The Kier molecular flexibility index (Phi) is 6.72. The molecule has 3 heterocycles. The van der Waals surface area contributed by atoms with Crippen molar-refractivity contribution < 1.29 is 18.7 Å². The number of nitriles is 1. The number of fused-ring (bicyclic) bond motifs is 1. The molecule has 1 unspecified atom stereocenters. The number of amides is 1. The van der Waals surface area contributed by atoms with Crippen LogP contribution in [0.2, 0.25) is 5.02 Å². The van der Waals surface area contributed by atoms with E-state index in [2.05, 4.69) is 16.3 Å². The molecule has 1 amide bonds. The van der Waals surface area contributed by atoms with Crippen molar-refractivity contribution in [2.75, 3.05) is 56.2 Å². The largest absolute Gasteiger partial charge is 0.476 e. The van der Waals surface area contributed by atoms with Crippen LogP contribution in [0.3, 0.4) is 0 Å². The van der Waals surface area contributed by atoms with E-state index in [1.54, 1.807) is 17.0 Å². The molecule has 35 heavy (non-hydrogen) atoms. The Labute approximate surface area is 209 Å². The fourth-order valence-corrected chi connectivity index (χ4v) is 5.32. The van der Waals surface area contributed by atoms with Gasteiger partial charge in [-0.1, -0.05) is 23.7 Å². The predicted molar refractivity (Wildman–Crippen MR) is 131 cm³/mol. The summed E-state index contributed by atoms with van der Waals surface area (Å²) in [7, 11) is 0. The number of rotatable bonds is 4. The molecule has 5 rings (SSSR count). The van der Waals surface area contributed by atoms with Gasteiger partial charge in [-0.15, -0.1) is 0 Å². The summed E-state index contributed by atoms with van der Waals surface area (Å²) in [6.45, 7) is 4.12. The number of anilines is 2. The topological polar surface area (TPSA) is 77.8 Å². The summed E-state index contributed by atoms with van der Waals surface area (Å²) in [4.78, 5) is 17.2. The van der Waals surface area contributed by atoms with Crippen LogP contribution in [0.25, 0.3) is 0 Å². The average molecular weight is 499 g/mol. The fourth-order valence-electron chi connectivity index (χ4n) is 5.04. The number of likely N-dealkylation sites (tertiary alicyclic amines) is 1. The predicted octanol–water partition coefficient (Wildman–Crippen LogP) is 3.86. The fraction of sp³-hybridized carbons (Fsp3) is 0.462. The minimum Gasteiger partial charge on any atom is -0.476 e. The summed E-state index contributed by atoms with van der Waals surface area (Å²) in [5.41, 5.74) is 2.02. The van der Waals surface area contributed by atoms with E-state index < -0.39 is 11.5 Å². The molecular weight excluding hydrogens is 471 g/mol. The molecule has 2 fully saturated rings. The maximum atomic E-state index is 13.3. The lowest BCUT2D eigenvalue weighted by Crippen LogP contribution is -2.51. The SMILES string of the molecule is N#CC1(Cc2ccc(F)cc2)CCN(C(=O)C2CNc3cc(Cl)c(N4CCOCC4)cc3O2)CC1. The Morgan fingerprint density at radius 3 is 2.57 bits per heavy atom.